The van der Waals surface area contributed by atoms with Gasteiger partial charge in [0.05, 0.1) is 12.7 Å². The minimum Gasteiger partial charge on any atom is -0.374 e. The van der Waals surface area contributed by atoms with Gasteiger partial charge in [-0.3, -0.25) is 4.90 Å². The molecule has 2 unspecified atom stereocenters. The molecule has 2 aliphatic heterocycles. The van der Waals surface area contributed by atoms with Crippen molar-refractivity contribution in [2.24, 2.45) is 0 Å². The van der Waals surface area contributed by atoms with Crippen molar-refractivity contribution in [1.29, 1.82) is 0 Å². The van der Waals surface area contributed by atoms with Gasteiger partial charge in [0.15, 0.2) is 0 Å². The van der Waals surface area contributed by atoms with E-state index in [1.165, 1.54) is 19.4 Å². The summed E-state index contributed by atoms with van der Waals surface area (Å²) in [4.78, 5) is 4.94. The quantitative estimate of drug-likeness (QED) is 0.754. The van der Waals surface area contributed by atoms with E-state index in [0.29, 0.717) is 6.10 Å². The molecule has 2 saturated heterocycles. The highest BCUT2D eigenvalue weighted by Crippen LogP contribution is 2.13. The molecule has 0 aliphatic carbocycles. The van der Waals surface area contributed by atoms with Crippen molar-refractivity contribution in [3.05, 3.63) is 0 Å². The van der Waals surface area contributed by atoms with E-state index in [9.17, 15) is 0 Å². The lowest BCUT2D eigenvalue weighted by molar-refractivity contribution is -0.0255. The molecule has 2 fully saturated rings. The summed E-state index contributed by atoms with van der Waals surface area (Å²) in [6.07, 6.45) is 3.08. The van der Waals surface area contributed by atoms with Gasteiger partial charge in [-0.05, 0) is 33.0 Å². The molecule has 4 nitrogen and oxygen atoms in total. The molecule has 0 bridgehead atoms. The van der Waals surface area contributed by atoms with E-state index in [2.05, 4.69) is 29.1 Å². The van der Waals surface area contributed by atoms with Crippen LogP contribution >= 0.6 is 0 Å². The van der Waals surface area contributed by atoms with E-state index in [1.807, 2.05) is 0 Å². The number of ether oxygens (including phenoxy) is 1. The molecule has 2 heterocycles. The molecule has 0 aromatic heterocycles. The lowest BCUT2D eigenvalue weighted by atomic mass is 10.2. The van der Waals surface area contributed by atoms with Gasteiger partial charge in [-0.2, -0.15) is 0 Å². The molecule has 2 atom stereocenters. The Kier molecular flexibility index (Phi) is 5.22. The average molecular weight is 241 g/mol. The molecule has 0 amide bonds. The van der Waals surface area contributed by atoms with Gasteiger partial charge >= 0.3 is 0 Å². The van der Waals surface area contributed by atoms with Gasteiger partial charge in [-0.1, -0.05) is 6.92 Å². The highest BCUT2D eigenvalue weighted by molar-refractivity contribution is 4.80. The maximum absolute atomic E-state index is 5.78. The van der Waals surface area contributed by atoms with Crippen LogP contribution in [0.5, 0.6) is 0 Å². The maximum atomic E-state index is 5.78. The van der Waals surface area contributed by atoms with Crippen LogP contribution in [0.3, 0.4) is 0 Å². The zero-order chi connectivity index (χ0) is 12.1. The molecule has 0 radical (unpaired) electrons. The summed E-state index contributed by atoms with van der Waals surface area (Å²) in [5.74, 6) is 0. The van der Waals surface area contributed by atoms with Crippen molar-refractivity contribution in [1.82, 2.24) is 15.1 Å². The predicted molar refractivity (Wildman–Crippen MR) is 70.4 cm³/mol. The first-order valence-electron chi connectivity index (χ1n) is 7.04. The summed E-state index contributed by atoms with van der Waals surface area (Å²) >= 11 is 0. The fourth-order valence-electron chi connectivity index (χ4n) is 2.84. The first kappa shape index (κ1) is 13.3. The Morgan fingerprint density at radius 1 is 1.29 bits per heavy atom. The van der Waals surface area contributed by atoms with Gasteiger partial charge in [0.25, 0.3) is 0 Å². The maximum Gasteiger partial charge on any atom is 0.0826 e. The number of morpholine rings is 1. The normalized spacial score (nSPS) is 32.1. The second-order valence-electron chi connectivity index (χ2n) is 5.32. The number of likely N-dealkylation sites (N-methyl/N-ethyl adjacent to an activating group) is 2. The van der Waals surface area contributed by atoms with Crippen LogP contribution in [0.4, 0.5) is 0 Å². The largest absolute Gasteiger partial charge is 0.374 e. The minimum absolute atomic E-state index is 0.385. The number of hydrogen-bond donors (Lipinski definition) is 1. The van der Waals surface area contributed by atoms with E-state index in [-0.39, 0.29) is 0 Å². The summed E-state index contributed by atoms with van der Waals surface area (Å²) in [5, 5.41) is 3.58. The van der Waals surface area contributed by atoms with Crippen molar-refractivity contribution >= 4 is 0 Å². The third-order valence-corrected chi connectivity index (χ3v) is 4.09. The molecule has 0 aromatic carbocycles. The van der Waals surface area contributed by atoms with Gasteiger partial charge in [0.2, 0.25) is 0 Å². The molecule has 0 saturated carbocycles. The van der Waals surface area contributed by atoms with Crippen molar-refractivity contribution in [3.8, 4) is 0 Å². The van der Waals surface area contributed by atoms with Gasteiger partial charge in [-0.15, -0.1) is 0 Å². The molecule has 0 spiro atoms. The standard InChI is InChI=1S/C13H27N3O/c1-3-16-7-8-17-13(11-16)10-14-9-12-5-4-6-15(12)2/h12-14H,3-11H2,1-2H3. The van der Waals surface area contributed by atoms with Crippen LogP contribution in [0.1, 0.15) is 19.8 Å². The Bertz CT molecular complexity index is 225. The second-order valence-corrected chi connectivity index (χ2v) is 5.32. The van der Waals surface area contributed by atoms with Crippen LogP contribution < -0.4 is 5.32 Å². The zero-order valence-corrected chi connectivity index (χ0v) is 11.3. The zero-order valence-electron chi connectivity index (χ0n) is 11.3. The summed E-state index contributed by atoms with van der Waals surface area (Å²) in [7, 11) is 2.23. The van der Waals surface area contributed by atoms with Gasteiger partial charge < -0.3 is 15.0 Å². The molecular weight excluding hydrogens is 214 g/mol. The third-order valence-electron chi connectivity index (χ3n) is 4.09. The smallest absolute Gasteiger partial charge is 0.0826 e. The van der Waals surface area contributed by atoms with Crippen molar-refractivity contribution in [2.45, 2.75) is 31.9 Å². The summed E-state index contributed by atoms with van der Waals surface area (Å²) in [6.45, 7) is 9.82. The number of nitrogens with one attached hydrogen (secondary N) is 1. The SMILES string of the molecule is CCN1CCOC(CNCC2CCCN2C)C1. The molecule has 1 N–H and O–H groups in total. The van der Waals surface area contributed by atoms with E-state index in [0.717, 1.165) is 45.4 Å². The Morgan fingerprint density at radius 3 is 2.88 bits per heavy atom. The molecule has 0 aromatic rings. The van der Waals surface area contributed by atoms with E-state index >= 15 is 0 Å². The predicted octanol–water partition coefficient (Wildman–Crippen LogP) is 0.391. The number of rotatable bonds is 5. The van der Waals surface area contributed by atoms with Gasteiger partial charge in [-0.25, -0.2) is 0 Å². The molecule has 100 valence electrons. The van der Waals surface area contributed by atoms with E-state index < -0.39 is 0 Å². The lowest BCUT2D eigenvalue weighted by Crippen LogP contribution is -2.47. The topological polar surface area (TPSA) is 27.7 Å². The number of likely N-dealkylation sites (tertiary alicyclic amines) is 1. The molecule has 2 aliphatic rings. The van der Waals surface area contributed by atoms with Crippen LogP contribution in [-0.4, -0.2) is 74.9 Å². The van der Waals surface area contributed by atoms with Crippen molar-refractivity contribution in [2.75, 3.05) is 52.9 Å². The van der Waals surface area contributed by atoms with Crippen LogP contribution in [-0.2, 0) is 4.74 Å². The summed E-state index contributed by atoms with van der Waals surface area (Å²) in [6, 6.07) is 0.737. The van der Waals surface area contributed by atoms with Crippen molar-refractivity contribution < 1.29 is 4.74 Å². The molecule has 17 heavy (non-hydrogen) atoms. The first-order chi connectivity index (χ1) is 8.29. The van der Waals surface area contributed by atoms with Crippen LogP contribution in [0, 0.1) is 0 Å². The molecule has 4 heteroatoms. The van der Waals surface area contributed by atoms with Crippen LogP contribution in [0.25, 0.3) is 0 Å². The molecular formula is C13H27N3O. The van der Waals surface area contributed by atoms with Crippen LogP contribution in [0.15, 0.2) is 0 Å². The van der Waals surface area contributed by atoms with E-state index in [1.54, 1.807) is 0 Å². The summed E-state index contributed by atoms with van der Waals surface area (Å²) < 4.78 is 5.78. The number of hydrogen-bond acceptors (Lipinski definition) is 4. The van der Waals surface area contributed by atoms with Crippen molar-refractivity contribution in [3.63, 3.8) is 0 Å². The minimum atomic E-state index is 0.385. The highest BCUT2D eigenvalue weighted by atomic mass is 16.5. The van der Waals surface area contributed by atoms with Gasteiger partial charge in [0.1, 0.15) is 0 Å². The monoisotopic (exact) mass is 241 g/mol. The van der Waals surface area contributed by atoms with Crippen LogP contribution in [0.2, 0.25) is 0 Å². The number of nitrogens with zero attached hydrogens (tertiary/aromatic N) is 2. The highest BCUT2D eigenvalue weighted by Gasteiger charge is 2.22. The lowest BCUT2D eigenvalue weighted by Gasteiger charge is -2.32. The van der Waals surface area contributed by atoms with Gasteiger partial charge in [0, 0.05) is 32.2 Å². The fourth-order valence-corrected chi connectivity index (χ4v) is 2.84. The first-order valence-corrected chi connectivity index (χ1v) is 7.04. The van der Waals surface area contributed by atoms with E-state index in [4.69, 9.17) is 4.74 Å². The third kappa shape index (κ3) is 3.91. The Balaban J connectivity index is 1.61. The second kappa shape index (κ2) is 6.69. The Labute approximate surface area is 105 Å². The fraction of sp³-hybridized carbons (Fsp3) is 1.00. The average Bonchev–Trinajstić information content (AvgIpc) is 2.76. The Hall–Kier alpha value is -0.160. The summed E-state index contributed by atoms with van der Waals surface area (Å²) in [5.41, 5.74) is 0. The molecule has 2 rings (SSSR count). The Morgan fingerprint density at radius 2 is 2.18 bits per heavy atom.